The Morgan fingerprint density at radius 1 is 1.43 bits per heavy atom. The summed E-state index contributed by atoms with van der Waals surface area (Å²) < 4.78 is 34.6. The molecule has 1 heterocycles. The second-order valence-electron chi connectivity index (χ2n) is 5.20. The first-order valence-electron chi connectivity index (χ1n) is 6.45. The number of benzene rings is 1. The largest absolute Gasteiger partial charge is 0.480 e. The lowest BCUT2D eigenvalue weighted by atomic mass is 10.1. The fourth-order valence-electron chi connectivity index (χ4n) is 2.87. The third-order valence-electron chi connectivity index (χ3n) is 4.09. The third kappa shape index (κ3) is 1.90. The summed E-state index contributed by atoms with van der Waals surface area (Å²) in [6.45, 7) is 1.57. The van der Waals surface area contributed by atoms with Gasteiger partial charge in [-0.05, 0) is 17.7 Å². The first-order valence-corrected chi connectivity index (χ1v) is 8.17. The van der Waals surface area contributed by atoms with Crippen molar-refractivity contribution < 1.29 is 27.8 Å². The van der Waals surface area contributed by atoms with Crippen molar-refractivity contribution in [3.8, 4) is 11.5 Å². The highest BCUT2D eigenvalue weighted by Gasteiger charge is 2.73. The van der Waals surface area contributed by atoms with Crippen LogP contribution < -0.4 is 15.2 Å². The smallest absolute Gasteiger partial charge is 0.325 e. The Morgan fingerprint density at radius 3 is 2.71 bits per heavy atom. The molecule has 0 amide bonds. The van der Waals surface area contributed by atoms with E-state index in [1.54, 1.807) is 18.2 Å². The summed E-state index contributed by atoms with van der Waals surface area (Å²) in [5, 5.41) is 8.20. The van der Waals surface area contributed by atoms with E-state index < -0.39 is 32.5 Å². The van der Waals surface area contributed by atoms with Gasteiger partial charge in [0.05, 0.1) is 5.25 Å². The molecular formula is C13H15NO6S. The number of carbonyl (C=O) groups is 1. The molecule has 0 saturated heterocycles. The van der Waals surface area contributed by atoms with Gasteiger partial charge < -0.3 is 20.3 Å². The Bertz CT molecular complexity index is 715. The summed E-state index contributed by atoms with van der Waals surface area (Å²) in [6.07, 6.45) is 0. The quantitative estimate of drug-likeness (QED) is 0.809. The van der Waals surface area contributed by atoms with E-state index in [4.69, 9.17) is 15.2 Å². The molecule has 0 aromatic heterocycles. The SMILES string of the molecule is CCS(=O)(=O)[C@H]1[C@H](c2ccc3c(c2)OCO3)[C@@]1(N)C(=O)O. The zero-order valence-corrected chi connectivity index (χ0v) is 12.1. The number of hydrogen-bond acceptors (Lipinski definition) is 6. The van der Waals surface area contributed by atoms with E-state index in [1.807, 2.05) is 0 Å². The van der Waals surface area contributed by atoms with Crippen LogP contribution in [-0.4, -0.2) is 42.8 Å². The maximum atomic E-state index is 12.1. The van der Waals surface area contributed by atoms with E-state index in [-0.39, 0.29) is 12.5 Å². The van der Waals surface area contributed by atoms with Crippen LogP contribution in [0.4, 0.5) is 0 Å². The van der Waals surface area contributed by atoms with Crippen molar-refractivity contribution in [2.75, 3.05) is 12.5 Å². The summed E-state index contributed by atoms with van der Waals surface area (Å²) >= 11 is 0. The van der Waals surface area contributed by atoms with Crippen LogP contribution in [0.2, 0.25) is 0 Å². The molecule has 3 atom stereocenters. The van der Waals surface area contributed by atoms with Crippen molar-refractivity contribution in [3.05, 3.63) is 23.8 Å². The maximum Gasteiger partial charge on any atom is 0.325 e. The molecule has 114 valence electrons. The highest BCUT2D eigenvalue weighted by molar-refractivity contribution is 7.92. The molecule has 1 aromatic carbocycles. The van der Waals surface area contributed by atoms with Gasteiger partial charge in [0.2, 0.25) is 6.79 Å². The second-order valence-corrected chi connectivity index (χ2v) is 7.61. The molecule has 1 saturated carbocycles. The fraction of sp³-hybridized carbons (Fsp3) is 0.462. The van der Waals surface area contributed by atoms with Gasteiger partial charge in [-0.1, -0.05) is 13.0 Å². The standard InChI is InChI=1S/C13H15NO6S/c1-2-21(17,18)11-10(13(11,14)12(15)16)7-3-4-8-9(5-7)20-6-19-8/h3-5,10-11H,2,6,14H2,1H3,(H,15,16)/t10-,11-,13-/m0/s1. The molecule has 0 bridgehead atoms. The van der Waals surface area contributed by atoms with Gasteiger partial charge in [-0.3, -0.25) is 4.79 Å². The van der Waals surface area contributed by atoms with E-state index in [0.29, 0.717) is 17.1 Å². The Morgan fingerprint density at radius 2 is 2.10 bits per heavy atom. The van der Waals surface area contributed by atoms with Gasteiger partial charge in [-0.25, -0.2) is 8.42 Å². The van der Waals surface area contributed by atoms with E-state index in [0.717, 1.165) is 0 Å². The highest BCUT2D eigenvalue weighted by atomic mass is 32.2. The predicted octanol–water partition coefficient (Wildman–Crippen LogP) is 0.0979. The van der Waals surface area contributed by atoms with Gasteiger partial charge in [0.15, 0.2) is 21.3 Å². The second kappa shape index (κ2) is 4.35. The summed E-state index contributed by atoms with van der Waals surface area (Å²) in [6, 6.07) is 4.87. The van der Waals surface area contributed by atoms with Gasteiger partial charge in [-0.2, -0.15) is 0 Å². The van der Waals surface area contributed by atoms with Crippen molar-refractivity contribution in [2.45, 2.75) is 23.6 Å². The first kappa shape index (κ1) is 14.2. The highest BCUT2D eigenvalue weighted by Crippen LogP contribution is 2.55. The minimum Gasteiger partial charge on any atom is -0.480 e. The number of nitrogens with two attached hydrogens (primary N) is 1. The predicted molar refractivity (Wildman–Crippen MR) is 73.1 cm³/mol. The summed E-state index contributed by atoms with van der Waals surface area (Å²) in [5.41, 5.74) is 4.61. The molecule has 1 fully saturated rings. The van der Waals surface area contributed by atoms with Gasteiger partial charge in [0.25, 0.3) is 0 Å². The summed E-state index contributed by atoms with van der Waals surface area (Å²) in [7, 11) is -3.57. The maximum absolute atomic E-state index is 12.1. The lowest BCUT2D eigenvalue weighted by Crippen LogP contribution is -2.40. The Balaban J connectivity index is 2.03. The number of carboxylic acid groups (broad SMARTS) is 1. The lowest BCUT2D eigenvalue weighted by Gasteiger charge is -2.05. The number of rotatable bonds is 4. The number of carboxylic acids is 1. The Labute approximate surface area is 121 Å². The van der Waals surface area contributed by atoms with Crippen LogP contribution in [0, 0.1) is 0 Å². The van der Waals surface area contributed by atoms with Gasteiger partial charge in [-0.15, -0.1) is 0 Å². The van der Waals surface area contributed by atoms with E-state index >= 15 is 0 Å². The molecule has 0 spiro atoms. The molecule has 1 aliphatic heterocycles. The van der Waals surface area contributed by atoms with Gasteiger partial charge >= 0.3 is 5.97 Å². The van der Waals surface area contributed by atoms with Crippen molar-refractivity contribution >= 4 is 15.8 Å². The van der Waals surface area contributed by atoms with Crippen LogP contribution in [0.1, 0.15) is 18.4 Å². The van der Waals surface area contributed by atoms with Crippen molar-refractivity contribution in [1.82, 2.24) is 0 Å². The van der Waals surface area contributed by atoms with Crippen molar-refractivity contribution in [1.29, 1.82) is 0 Å². The number of aliphatic carboxylic acids is 1. The molecule has 1 aliphatic carbocycles. The lowest BCUT2D eigenvalue weighted by molar-refractivity contribution is -0.139. The van der Waals surface area contributed by atoms with Gasteiger partial charge in [0.1, 0.15) is 5.54 Å². The Kier molecular flexibility index (Phi) is 2.93. The molecule has 3 rings (SSSR count). The molecular weight excluding hydrogens is 298 g/mol. The third-order valence-corrected chi connectivity index (χ3v) is 6.34. The van der Waals surface area contributed by atoms with E-state index in [2.05, 4.69) is 0 Å². The van der Waals surface area contributed by atoms with Crippen LogP contribution in [0.15, 0.2) is 18.2 Å². The molecule has 0 unspecified atom stereocenters. The summed E-state index contributed by atoms with van der Waals surface area (Å²) in [5.74, 6) is -1.22. The molecule has 2 aliphatic rings. The van der Waals surface area contributed by atoms with Crippen LogP contribution in [-0.2, 0) is 14.6 Å². The van der Waals surface area contributed by atoms with Crippen LogP contribution in [0.25, 0.3) is 0 Å². The normalized spacial score (nSPS) is 30.2. The van der Waals surface area contributed by atoms with E-state index in [1.165, 1.54) is 6.92 Å². The van der Waals surface area contributed by atoms with Crippen molar-refractivity contribution in [3.63, 3.8) is 0 Å². The fourth-order valence-corrected chi connectivity index (χ4v) is 4.79. The van der Waals surface area contributed by atoms with Crippen LogP contribution in [0.3, 0.4) is 0 Å². The Hall–Kier alpha value is -1.80. The van der Waals surface area contributed by atoms with Gasteiger partial charge in [0, 0.05) is 11.7 Å². The average Bonchev–Trinajstić information content (AvgIpc) is 2.87. The van der Waals surface area contributed by atoms with Crippen molar-refractivity contribution in [2.24, 2.45) is 5.73 Å². The first-order chi connectivity index (χ1) is 9.82. The topological polar surface area (TPSA) is 116 Å². The van der Waals surface area contributed by atoms with Crippen LogP contribution in [0.5, 0.6) is 11.5 Å². The zero-order valence-electron chi connectivity index (χ0n) is 11.3. The molecule has 3 N–H and O–H groups in total. The zero-order chi connectivity index (χ0) is 15.4. The number of sulfone groups is 1. The molecule has 8 heteroatoms. The van der Waals surface area contributed by atoms with E-state index in [9.17, 15) is 18.3 Å². The monoisotopic (exact) mass is 313 g/mol. The number of fused-ring (bicyclic) bond motifs is 1. The minimum absolute atomic E-state index is 0.0901. The number of ether oxygens (including phenoxy) is 2. The minimum atomic E-state index is -3.57. The molecule has 7 nitrogen and oxygen atoms in total. The average molecular weight is 313 g/mol. The van der Waals surface area contributed by atoms with Crippen LogP contribution >= 0.6 is 0 Å². The molecule has 21 heavy (non-hydrogen) atoms. The molecule has 1 aromatic rings. The number of hydrogen-bond donors (Lipinski definition) is 2. The summed E-state index contributed by atoms with van der Waals surface area (Å²) in [4.78, 5) is 11.4. The molecule has 0 radical (unpaired) electrons.